The average molecular weight is 543 g/mol. The summed E-state index contributed by atoms with van der Waals surface area (Å²) in [4.78, 5) is 39.0. The largest absolute Gasteiger partial charge is 0.361 e. The van der Waals surface area contributed by atoms with Crippen LogP contribution >= 0.6 is 27.3 Å². The maximum Gasteiger partial charge on any atom is 0.293 e. The molecule has 0 saturated carbocycles. The lowest BCUT2D eigenvalue weighted by atomic mass is 10.0. The lowest BCUT2D eigenvalue weighted by molar-refractivity contribution is -0.126. The first kappa shape index (κ1) is 23.8. The van der Waals surface area contributed by atoms with Crippen molar-refractivity contribution in [2.75, 3.05) is 5.32 Å². The van der Waals surface area contributed by atoms with Gasteiger partial charge in [-0.05, 0) is 23.8 Å². The summed E-state index contributed by atoms with van der Waals surface area (Å²) in [5.74, 6) is -1.78. The number of benzene rings is 1. The molecule has 2 aromatic heterocycles. The predicted octanol–water partition coefficient (Wildman–Crippen LogP) is 1.68. The Labute approximate surface area is 195 Å². The van der Waals surface area contributed by atoms with Crippen LogP contribution in [0.5, 0.6) is 0 Å². The fourth-order valence-electron chi connectivity index (χ4n) is 2.82. The van der Waals surface area contributed by atoms with Crippen LogP contribution in [0.15, 0.2) is 33.2 Å². The van der Waals surface area contributed by atoms with Crippen molar-refractivity contribution in [3.63, 3.8) is 0 Å². The third-order valence-electron chi connectivity index (χ3n) is 4.29. The van der Waals surface area contributed by atoms with Gasteiger partial charge in [0.05, 0.1) is 0 Å². The minimum atomic E-state index is -4.36. The number of hydrogen-bond donors (Lipinski definition) is 4. The van der Waals surface area contributed by atoms with E-state index < -0.39 is 32.2 Å². The molecule has 0 bridgehead atoms. The Hall–Kier alpha value is -2.84. The minimum absolute atomic E-state index is 0.00699. The van der Waals surface area contributed by atoms with Crippen LogP contribution in [0.3, 0.4) is 0 Å². The molecule has 4 N–H and O–H groups in total. The first-order valence-electron chi connectivity index (χ1n) is 9.31. The maximum absolute atomic E-state index is 12.8. The topological polar surface area (TPSA) is 163 Å². The number of fused-ring (bicyclic) bond motifs is 1. The molecule has 0 spiro atoms. The van der Waals surface area contributed by atoms with Crippen molar-refractivity contribution in [3.8, 4) is 0 Å². The summed E-state index contributed by atoms with van der Waals surface area (Å²) >= 11 is 4.00. The van der Waals surface area contributed by atoms with Crippen LogP contribution < -0.4 is 15.4 Å². The summed E-state index contributed by atoms with van der Waals surface area (Å²) in [7, 11) is -4.36. The summed E-state index contributed by atoms with van der Waals surface area (Å²) in [6, 6.07) is 4.40. The van der Waals surface area contributed by atoms with Crippen LogP contribution in [0.4, 0.5) is 5.13 Å². The van der Waals surface area contributed by atoms with Gasteiger partial charge in [-0.25, -0.2) is 4.72 Å². The lowest BCUT2D eigenvalue weighted by Gasteiger charge is -2.17. The highest BCUT2D eigenvalue weighted by atomic mass is 79.9. The van der Waals surface area contributed by atoms with E-state index in [1.807, 2.05) is 22.9 Å². The van der Waals surface area contributed by atoms with E-state index in [0.717, 1.165) is 15.4 Å². The number of halogens is 1. The zero-order chi connectivity index (χ0) is 23.5. The number of carbonyl (C=O) groups is 3. The molecule has 0 aliphatic rings. The molecule has 32 heavy (non-hydrogen) atoms. The third kappa shape index (κ3) is 5.69. The molecule has 3 aromatic rings. The molecule has 1 aromatic carbocycles. The van der Waals surface area contributed by atoms with Crippen LogP contribution in [-0.4, -0.2) is 47.4 Å². The minimum Gasteiger partial charge on any atom is -0.361 e. The summed E-state index contributed by atoms with van der Waals surface area (Å²) < 4.78 is 27.5. The number of nitrogens with zero attached hydrogens (tertiary/aromatic N) is 2. The zero-order valence-corrected chi connectivity index (χ0v) is 20.2. The van der Waals surface area contributed by atoms with E-state index in [0.29, 0.717) is 16.9 Å². The van der Waals surface area contributed by atoms with Crippen molar-refractivity contribution in [2.24, 2.45) is 0 Å². The smallest absolute Gasteiger partial charge is 0.293 e. The number of anilines is 1. The van der Waals surface area contributed by atoms with Gasteiger partial charge in [0.25, 0.3) is 20.3 Å². The fourth-order valence-corrected chi connectivity index (χ4v) is 5.12. The monoisotopic (exact) mass is 542 g/mol. The molecule has 2 heterocycles. The Morgan fingerprint density at radius 3 is 2.69 bits per heavy atom. The van der Waals surface area contributed by atoms with Crippen molar-refractivity contribution in [2.45, 2.75) is 37.1 Å². The number of amides is 3. The van der Waals surface area contributed by atoms with E-state index in [4.69, 9.17) is 0 Å². The normalized spacial score (nSPS) is 12.3. The summed E-state index contributed by atoms with van der Waals surface area (Å²) in [5, 5.41) is 12.8. The predicted molar refractivity (Wildman–Crippen MR) is 121 cm³/mol. The second-order valence-electron chi connectivity index (χ2n) is 6.71. The molecular formula is C18H19BrN6O5S2. The molecule has 3 amide bonds. The number of nitrogens with one attached hydrogen (secondary N) is 4. The molecule has 0 aliphatic heterocycles. The average Bonchev–Trinajstić information content (AvgIpc) is 3.34. The van der Waals surface area contributed by atoms with Crippen molar-refractivity contribution in [3.05, 3.63) is 34.4 Å². The van der Waals surface area contributed by atoms with Gasteiger partial charge in [0.1, 0.15) is 6.04 Å². The first-order valence-corrected chi connectivity index (χ1v) is 12.4. The second-order valence-corrected chi connectivity index (χ2v) is 10.5. The molecule has 170 valence electrons. The number of aromatic nitrogens is 3. The van der Waals surface area contributed by atoms with Gasteiger partial charge in [-0.15, -0.1) is 10.2 Å². The molecule has 1 unspecified atom stereocenters. The van der Waals surface area contributed by atoms with Gasteiger partial charge in [0.15, 0.2) is 0 Å². The van der Waals surface area contributed by atoms with E-state index in [9.17, 15) is 22.8 Å². The Morgan fingerprint density at radius 1 is 1.25 bits per heavy atom. The van der Waals surface area contributed by atoms with E-state index in [-0.39, 0.29) is 23.9 Å². The van der Waals surface area contributed by atoms with Crippen molar-refractivity contribution >= 4 is 71.0 Å². The Balaban J connectivity index is 1.80. The van der Waals surface area contributed by atoms with Crippen LogP contribution in [0.1, 0.15) is 25.8 Å². The third-order valence-corrected chi connectivity index (χ3v) is 7.33. The fraction of sp³-hybridized carbons (Fsp3) is 0.278. The maximum atomic E-state index is 12.8. The molecule has 0 radical (unpaired) electrons. The second kappa shape index (κ2) is 9.75. The number of rotatable bonds is 8. The highest BCUT2D eigenvalue weighted by Crippen LogP contribution is 2.24. The van der Waals surface area contributed by atoms with Crippen molar-refractivity contribution < 1.29 is 22.8 Å². The van der Waals surface area contributed by atoms with Gasteiger partial charge >= 0.3 is 0 Å². The van der Waals surface area contributed by atoms with Gasteiger partial charge in [0.2, 0.25) is 16.9 Å². The molecular weight excluding hydrogens is 524 g/mol. The zero-order valence-electron chi connectivity index (χ0n) is 16.9. The van der Waals surface area contributed by atoms with Gasteiger partial charge < -0.3 is 15.6 Å². The standard InChI is InChI=1S/C18H19BrN6O5S2/c1-3-15(27)22-17-23-24-18(31-17)32(29,30)25-16(28)14(21-9(2)26)6-10-8-20-13-5-4-11(19)7-12(10)13/h4-5,7-8,14,20H,3,6H2,1-2H3,(H,21,26)(H,25,28)(H,22,23,27). The highest BCUT2D eigenvalue weighted by Gasteiger charge is 2.29. The van der Waals surface area contributed by atoms with Gasteiger partial charge in [-0.1, -0.05) is 34.2 Å². The van der Waals surface area contributed by atoms with Crippen molar-refractivity contribution in [1.82, 2.24) is 25.2 Å². The summed E-state index contributed by atoms with van der Waals surface area (Å²) in [6.45, 7) is 2.86. The molecule has 0 saturated heterocycles. The molecule has 0 aliphatic carbocycles. The molecule has 3 rings (SSSR count). The van der Waals surface area contributed by atoms with E-state index in [1.165, 1.54) is 6.92 Å². The Kier molecular flexibility index (Phi) is 7.26. The van der Waals surface area contributed by atoms with Crippen LogP contribution in [0.2, 0.25) is 0 Å². The lowest BCUT2D eigenvalue weighted by Crippen LogP contribution is -2.48. The van der Waals surface area contributed by atoms with Crippen LogP contribution in [0.25, 0.3) is 10.9 Å². The number of H-pyrrole nitrogens is 1. The van der Waals surface area contributed by atoms with Gasteiger partial charge in [0, 0.05) is 41.3 Å². The van der Waals surface area contributed by atoms with Gasteiger partial charge in [-0.2, -0.15) is 8.42 Å². The van der Waals surface area contributed by atoms with Crippen LogP contribution in [0, 0.1) is 0 Å². The summed E-state index contributed by atoms with van der Waals surface area (Å²) in [6.07, 6.45) is 1.92. The number of aromatic amines is 1. The van der Waals surface area contributed by atoms with Gasteiger partial charge in [-0.3, -0.25) is 14.4 Å². The Bertz CT molecular complexity index is 1290. The number of hydrogen-bond acceptors (Lipinski definition) is 8. The molecule has 11 nitrogen and oxygen atoms in total. The quantitative estimate of drug-likeness (QED) is 0.314. The van der Waals surface area contributed by atoms with E-state index >= 15 is 0 Å². The number of carbonyl (C=O) groups excluding carboxylic acids is 3. The highest BCUT2D eigenvalue weighted by molar-refractivity contribution is 9.10. The summed E-state index contributed by atoms with van der Waals surface area (Å²) in [5.41, 5.74) is 1.54. The SMILES string of the molecule is CCC(=O)Nc1nnc(S(=O)(=O)NC(=O)C(Cc2c[nH]c3ccc(Br)cc23)NC(C)=O)s1. The Morgan fingerprint density at radius 2 is 2.00 bits per heavy atom. The molecule has 14 heteroatoms. The first-order chi connectivity index (χ1) is 15.1. The van der Waals surface area contributed by atoms with Crippen molar-refractivity contribution in [1.29, 1.82) is 0 Å². The molecule has 0 fully saturated rings. The van der Waals surface area contributed by atoms with Crippen LogP contribution in [-0.2, 0) is 30.8 Å². The number of sulfonamides is 1. The van der Waals surface area contributed by atoms with E-state index in [2.05, 4.69) is 41.7 Å². The van der Waals surface area contributed by atoms with E-state index in [1.54, 1.807) is 13.1 Å². The molecule has 1 atom stereocenters.